The standard InChI is InChI=1S/C19H32N4O.C2H6/c1-4-12(3)13-6-8-14(9-7-13)16-10-11-21-19-17(18(20)24)15(5-2)22-23(16)19;1-2/h12-14,16,21H,4-11H2,1-3H3,(H2,20,24);1-2H3. The first-order valence-corrected chi connectivity index (χ1v) is 10.7. The zero-order valence-electron chi connectivity index (χ0n) is 17.3. The second-order valence-electron chi connectivity index (χ2n) is 7.68. The molecule has 0 aromatic carbocycles. The van der Waals surface area contributed by atoms with Gasteiger partial charge in [-0.3, -0.25) is 4.79 Å². The number of nitrogens with one attached hydrogen (secondary N) is 1. The highest BCUT2D eigenvalue weighted by Gasteiger charge is 2.35. The average Bonchev–Trinajstić information content (AvgIpc) is 3.08. The van der Waals surface area contributed by atoms with Gasteiger partial charge in [-0.15, -0.1) is 0 Å². The van der Waals surface area contributed by atoms with E-state index in [9.17, 15) is 4.79 Å². The highest BCUT2D eigenvalue weighted by molar-refractivity contribution is 5.99. The molecule has 1 aliphatic heterocycles. The van der Waals surface area contributed by atoms with Gasteiger partial charge in [-0.05, 0) is 56.3 Å². The molecule has 1 aliphatic carbocycles. The molecule has 2 atom stereocenters. The largest absolute Gasteiger partial charge is 0.370 e. The minimum Gasteiger partial charge on any atom is -0.370 e. The van der Waals surface area contributed by atoms with Crippen LogP contribution in [-0.4, -0.2) is 22.2 Å². The normalized spacial score (nSPS) is 26.1. The predicted molar refractivity (Wildman–Crippen MR) is 109 cm³/mol. The third-order valence-electron chi connectivity index (χ3n) is 6.42. The molecule has 148 valence electrons. The fraction of sp³-hybridized carbons (Fsp3) is 0.810. The van der Waals surface area contributed by atoms with E-state index in [1.165, 1.54) is 32.1 Å². The van der Waals surface area contributed by atoms with Crippen molar-refractivity contribution in [3.8, 4) is 0 Å². The molecule has 0 spiro atoms. The van der Waals surface area contributed by atoms with Crippen molar-refractivity contribution >= 4 is 11.7 Å². The zero-order chi connectivity index (χ0) is 19.3. The number of hydrogen-bond acceptors (Lipinski definition) is 3. The molecule has 5 nitrogen and oxygen atoms in total. The first-order valence-electron chi connectivity index (χ1n) is 10.7. The number of rotatable bonds is 5. The lowest BCUT2D eigenvalue weighted by molar-refractivity contribution is 0.0999. The summed E-state index contributed by atoms with van der Waals surface area (Å²) in [4.78, 5) is 11.9. The Bertz CT molecular complexity index is 587. The molecule has 2 heterocycles. The Morgan fingerprint density at radius 1 is 1.23 bits per heavy atom. The Balaban J connectivity index is 0.00000117. The molecule has 3 N–H and O–H groups in total. The minimum atomic E-state index is -0.360. The number of fused-ring (bicyclic) bond motifs is 1. The molecular formula is C21H38N4O. The summed E-state index contributed by atoms with van der Waals surface area (Å²) in [5, 5.41) is 8.14. The van der Waals surface area contributed by atoms with Crippen LogP contribution >= 0.6 is 0 Å². The Kier molecular flexibility index (Phi) is 7.54. The number of nitrogens with zero attached hydrogens (tertiary/aromatic N) is 2. The van der Waals surface area contributed by atoms with E-state index in [1.54, 1.807) is 0 Å². The summed E-state index contributed by atoms with van der Waals surface area (Å²) in [6.07, 6.45) is 8.36. The highest BCUT2D eigenvalue weighted by atomic mass is 16.1. The summed E-state index contributed by atoms with van der Waals surface area (Å²) in [5.74, 6) is 2.91. The summed E-state index contributed by atoms with van der Waals surface area (Å²) >= 11 is 0. The molecule has 1 aromatic heterocycles. The van der Waals surface area contributed by atoms with E-state index in [-0.39, 0.29) is 5.91 Å². The van der Waals surface area contributed by atoms with Crippen LogP contribution in [0.15, 0.2) is 0 Å². The van der Waals surface area contributed by atoms with Gasteiger partial charge in [0.05, 0.1) is 11.7 Å². The summed E-state index contributed by atoms with van der Waals surface area (Å²) in [5.41, 5.74) is 7.06. The van der Waals surface area contributed by atoms with E-state index in [2.05, 4.69) is 23.8 Å². The van der Waals surface area contributed by atoms with Gasteiger partial charge >= 0.3 is 0 Å². The Hall–Kier alpha value is -1.52. The third-order valence-corrected chi connectivity index (χ3v) is 6.42. The molecule has 5 heteroatoms. The lowest BCUT2D eigenvalue weighted by Gasteiger charge is -2.38. The molecule has 0 bridgehead atoms. The predicted octanol–water partition coefficient (Wildman–Crippen LogP) is 4.78. The molecule has 2 unspecified atom stereocenters. The Morgan fingerprint density at radius 3 is 2.42 bits per heavy atom. The van der Waals surface area contributed by atoms with Gasteiger partial charge < -0.3 is 11.1 Å². The van der Waals surface area contributed by atoms with Crippen molar-refractivity contribution < 1.29 is 4.79 Å². The van der Waals surface area contributed by atoms with Gasteiger partial charge in [-0.2, -0.15) is 5.10 Å². The maximum absolute atomic E-state index is 11.9. The van der Waals surface area contributed by atoms with Crippen LogP contribution in [-0.2, 0) is 6.42 Å². The number of amides is 1. The van der Waals surface area contributed by atoms with E-state index in [1.807, 2.05) is 20.8 Å². The van der Waals surface area contributed by atoms with Crippen LogP contribution in [0.2, 0.25) is 0 Å². The molecule has 1 fully saturated rings. The van der Waals surface area contributed by atoms with Gasteiger partial charge in [-0.1, -0.05) is 41.0 Å². The van der Waals surface area contributed by atoms with Crippen molar-refractivity contribution in [3.05, 3.63) is 11.3 Å². The number of aromatic nitrogens is 2. The number of primary amides is 1. The zero-order valence-corrected chi connectivity index (χ0v) is 17.3. The van der Waals surface area contributed by atoms with Crippen molar-refractivity contribution in [1.82, 2.24) is 9.78 Å². The number of hydrogen-bond donors (Lipinski definition) is 2. The summed E-state index contributed by atoms with van der Waals surface area (Å²) in [6, 6.07) is 0.414. The quantitative estimate of drug-likeness (QED) is 0.791. The second kappa shape index (κ2) is 9.43. The summed E-state index contributed by atoms with van der Waals surface area (Å²) in [7, 11) is 0. The first kappa shape index (κ1) is 20.8. The van der Waals surface area contributed by atoms with E-state index < -0.39 is 0 Å². The van der Waals surface area contributed by atoms with Crippen molar-refractivity contribution in [2.24, 2.45) is 23.5 Å². The van der Waals surface area contributed by atoms with Crippen LogP contribution in [0.1, 0.15) is 95.2 Å². The topological polar surface area (TPSA) is 72.9 Å². The van der Waals surface area contributed by atoms with E-state index in [4.69, 9.17) is 10.8 Å². The molecule has 0 saturated heterocycles. The van der Waals surface area contributed by atoms with Crippen LogP contribution in [0.4, 0.5) is 5.82 Å². The average molecular weight is 363 g/mol. The molecule has 26 heavy (non-hydrogen) atoms. The van der Waals surface area contributed by atoms with Gasteiger partial charge in [0.15, 0.2) is 0 Å². The van der Waals surface area contributed by atoms with Crippen LogP contribution < -0.4 is 11.1 Å². The Morgan fingerprint density at radius 2 is 1.88 bits per heavy atom. The number of nitrogens with two attached hydrogens (primary N) is 1. The van der Waals surface area contributed by atoms with Crippen molar-refractivity contribution in [1.29, 1.82) is 0 Å². The van der Waals surface area contributed by atoms with E-state index in [0.29, 0.717) is 17.5 Å². The van der Waals surface area contributed by atoms with Crippen molar-refractivity contribution in [3.63, 3.8) is 0 Å². The number of carbonyl (C=O) groups excluding carboxylic acids is 1. The van der Waals surface area contributed by atoms with E-state index in [0.717, 1.165) is 42.7 Å². The SMILES string of the molecule is CC.CCc1nn2c(c1C(N)=O)NCCC2C1CCC(C(C)CC)CC1. The number of anilines is 1. The number of carbonyl (C=O) groups is 1. The minimum absolute atomic E-state index is 0.360. The van der Waals surface area contributed by atoms with Gasteiger partial charge in [0.25, 0.3) is 5.91 Å². The second-order valence-corrected chi connectivity index (χ2v) is 7.68. The summed E-state index contributed by atoms with van der Waals surface area (Å²) in [6.45, 7) is 11.6. The third kappa shape index (κ3) is 4.07. The van der Waals surface area contributed by atoms with Gasteiger partial charge in [-0.25, -0.2) is 4.68 Å². The van der Waals surface area contributed by atoms with Crippen molar-refractivity contribution in [2.45, 2.75) is 85.6 Å². The van der Waals surface area contributed by atoms with Gasteiger partial charge in [0.2, 0.25) is 0 Å². The smallest absolute Gasteiger partial charge is 0.254 e. The number of aryl methyl sites for hydroxylation is 1. The fourth-order valence-electron chi connectivity index (χ4n) is 4.73. The molecule has 1 amide bonds. The highest BCUT2D eigenvalue weighted by Crippen LogP contribution is 2.43. The monoisotopic (exact) mass is 362 g/mol. The van der Waals surface area contributed by atoms with Gasteiger partial charge in [0.1, 0.15) is 11.4 Å². The van der Waals surface area contributed by atoms with E-state index >= 15 is 0 Å². The van der Waals surface area contributed by atoms with Crippen LogP contribution in [0.5, 0.6) is 0 Å². The first-order chi connectivity index (χ1) is 12.6. The van der Waals surface area contributed by atoms with Crippen LogP contribution in [0.3, 0.4) is 0 Å². The summed E-state index contributed by atoms with van der Waals surface area (Å²) < 4.78 is 2.09. The maximum Gasteiger partial charge on any atom is 0.254 e. The molecule has 1 aromatic rings. The Labute approximate surface area is 159 Å². The molecule has 1 saturated carbocycles. The fourth-order valence-corrected chi connectivity index (χ4v) is 4.73. The molecule has 3 rings (SSSR count). The lowest BCUT2D eigenvalue weighted by atomic mass is 9.73. The van der Waals surface area contributed by atoms with Crippen LogP contribution in [0.25, 0.3) is 0 Å². The maximum atomic E-state index is 11.9. The van der Waals surface area contributed by atoms with Crippen molar-refractivity contribution in [2.75, 3.05) is 11.9 Å². The lowest BCUT2D eigenvalue weighted by Crippen LogP contribution is -2.32. The van der Waals surface area contributed by atoms with Crippen LogP contribution in [0, 0.1) is 17.8 Å². The molecule has 0 radical (unpaired) electrons. The molecule has 2 aliphatic rings. The van der Waals surface area contributed by atoms with Gasteiger partial charge in [0, 0.05) is 6.54 Å². The molecular weight excluding hydrogens is 324 g/mol.